The largest absolute Gasteiger partial charge is 0.386 e. The van der Waals surface area contributed by atoms with Crippen LogP contribution in [0.2, 0.25) is 0 Å². The minimum absolute atomic E-state index is 0.0159. The molecule has 0 radical (unpaired) electrons. The molecule has 2 saturated heterocycles. The Morgan fingerprint density at radius 1 is 1.33 bits per heavy atom. The number of hydrogen-bond acceptors (Lipinski definition) is 5. The van der Waals surface area contributed by atoms with Crippen LogP contribution < -0.4 is 4.72 Å². The van der Waals surface area contributed by atoms with Gasteiger partial charge < -0.3 is 14.6 Å². The van der Waals surface area contributed by atoms with Crippen molar-refractivity contribution in [3.8, 4) is 0 Å². The first-order valence-electron chi connectivity index (χ1n) is 6.38. The molecule has 2 aliphatic heterocycles. The maximum absolute atomic E-state index is 11.9. The summed E-state index contributed by atoms with van der Waals surface area (Å²) >= 11 is 0. The SMILES string of the molecule is O=S(=O)(CC1CCCCO1)NCC1(O)CCOC1. The number of aliphatic hydroxyl groups is 1. The highest BCUT2D eigenvalue weighted by atomic mass is 32.2. The summed E-state index contributed by atoms with van der Waals surface area (Å²) in [6.07, 6.45) is 3.05. The second-order valence-electron chi connectivity index (χ2n) is 5.12. The van der Waals surface area contributed by atoms with Crippen molar-refractivity contribution in [3.05, 3.63) is 0 Å². The number of hydrogen-bond donors (Lipinski definition) is 2. The smallest absolute Gasteiger partial charge is 0.214 e. The van der Waals surface area contributed by atoms with E-state index in [0.717, 1.165) is 19.3 Å². The van der Waals surface area contributed by atoms with Gasteiger partial charge in [-0.25, -0.2) is 13.1 Å². The molecule has 2 unspecified atom stereocenters. The van der Waals surface area contributed by atoms with Crippen LogP contribution in [-0.4, -0.2) is 57.3 Å². The Morgan fingerprint density at radius 3 is 2.78 bits per heavy atom. The molecule has 0 amide bonds. The predicted molar refractivity (Wildman–Crippen MR) is 65.8 cm³/mol. The standard InChI is InChI=1S/C11H21NO5S/c13-11(4-6-16-9-11)8-12-18(14,15)7-10-3-1-2-5-17-10/h10,12-13H,1-9H2. The summed E-state index contributed by atoms with van der Waals surface area (Å²) in [7, 11) is -3.40. The third-order valence-corrected chi connectivity index (χ3v) is 4.78. The van der Waals surface area contributed by atoms with Gasteiger partial charge in [0, 0.05) is 26.2 Å². The topological polar surface area (TPSA) is 84.9 Å². The average Bonchev–Trinajstić information content (AvgIpc) is 2.76. The molecule has 106 valence electrons. The summed E-state index contributed by atoms with van der Waals surface area (Å²) in [5.74, 6) is -0.0239. The maximum atomic E-state index is 11.9. The first-order chi connectivity index (χ1) is 8.49. The van der Waals surface area contributed by atoms with E-state index in [2.05, 4.69) is 4.72 Å². The summed E-state index contributed by atoms with van der Waals surface area (Å²) in [5, 5.41) is 9.98. The summed E-state index contributed by atoms with van der Waals surface area (Å²) in [4.78, 5) is 0. The molecule has 6 nitrogen and oxygen atoms in total. The van der Waals surface area contributed by atoms with Crippen LogP contribution in [0.5, 0.6) is 0 Å². The molecule has 2 aliphatic rings. The zero-order valence-corrected chi connectivity index (χ0v) is 11.2. The molecule has 0 aromatic carbocycles. The zero-order chi connectivity index (χ0) is 13.1. The predicted octanol–water partition coefficient (Wildman–Crippen LogP) is -0.374. The van der Waals surface area contributed by atoms with Crippen molar-refractivity contribution in [1.82, 2.24) is 4.72 Å². The summed E-state index contributed by atoms with van der Waals surface area (Å²) in [6, 6.07) is 0. The van der Waals surface area contributed by atoms with Crippen molar-refractivity contribution in [1.29, 1.82) is 0 Å². The number of rotatable bonds is 5. The molecule has 0 bridgehead atoms. The summed E-state index contributed by atoms with van der Waals surface area (Å²) in [5.41, 5.74) is -1.06. The van der Waals surface area contributed by atoms with Gasteiger partial charge >= 0.3 is 0 Å². The lowest BCUT2D eigenvalue weighted by atomic mass is 10.1. The van der Waals surface area contributed by atoms with E-state index >= 15 is 0 Å². The lowest BCUT2D eigenvalue weighted by Gasteiger charge is -2.24. The van der Waals surface area contributed by atoms with Gasteiger partial charge in [0.05, 0.1) is 18.5 Å². The Hall–Kier alpha value is -0.210. The van der Waals surface area contributed by atoms with Crippen LogP contribution in [0.4, 0.5) is 0 Å². The van der Waals surface area contributed by atoms with Gasteiger partial charge in [-0.05, 0) is 19.3 Å². The van der Waals surface area contributed by atoms with E-state index in [4.69, 9.17) is 9.47 Å². The summed E-state index contributed by atoms with van der Waals surface area (Å²) < 4.78 is 36.6. The molecule has 2 atom stereocenters. The number of ether oxygens (including phenoxy) is 2. The zero-order valence-electron chi connectivity index (χ0n) is 10.4. The first-order valence-corrected chi connectivity index (χ1v) is 8.03. The molecule has 0 saturated carbocycles. The molecule has 2 heterocycles. The van der Waals surface area contributed by atoms with Crippen LogP contribution in [0, 0.1) is 0 Å². The highest BCUT2D eigenvalue weighted by Crippen LogP contribution is 2.18. The van der Waals surface area contributed by atoms with Crippen LogP contribution in [0.3, 0.4) is 0 Å². The Bertz CT molecular complexity index is 358. The van der Waals surface area contributed by atoms with Crippen LogP contribution in [0.1, 0.15) is 25.7 Å². The van der Waals surface area contributed by atoms with E-state index in [-0.39, 0.29) is 25.0 Å². The Kier molecular flexibility index (Phi) is 4.60. The lowest BCUT2D eigenvalue weighted by Crippen LogP contribution is -2.45. The van der Waals surface area contributed by atoms with Crippen LogP contribution in [0.15, 0.2) is 0 Å². The molecule has 0 aromatic rings. The van der Waals surface area contributed by atoms with Crippen LogP contribution in [-0.2, 0) is 19.5 Å². The second kappa shape index (κ2) is 5.83. The van der Waals surface area contributed by atoms with Gasteiger partial charge in [-0.3, -0.25) is 0 Å². The van der Waals surface area contributed by atoms with Crippen molar-refractivity contribution >= 4 is 10.0 Å². The quantitative estimate of drug-likeness (QED) is 0.717. The van der Waals surface area contributed by atoms with E-state index in [1.54, 1.807) is 0 Å². The van der Waals surface area contributed by atoms with Crippen LogP contribution >= 0.6 is 0 Å². The van der Waals surface area contributed by atoms with Gasteiger partial charge in [-0.1, -0.05) is 0 Å². The fraction of sp³-hybridized carbons (Fsp3) is 1.00. The molecule has 0 aliphatic carbocycles. The normalized spacial score (nSPS) is 33.7. The minimum Gasteiger partial charge on any atom is -0.386 e. The van der Waals surface area contributed by atoms with E-state index in [9.17, 15) is 13.5 Å². The summed E-state index contributed by atoms with van der Waals surface area (Å²) in [6.45, 7) is 1.32. The third kappa shape index (κ3) is 4.17. The van der Waals surface area contributed by atoms with Crippen molar-refractivity contribution in [2.24, 2.45) is 0 Å². The highest BCUT2D eigenvalue weighted by Gasteiger charge is 2.34. The number of nitrogens with one attached hydrogen (secondary N) is 1. The Labute approximate surface area is 108 Å². The van der Waals surface area contributed by atoms with Crippen molar-refractivity contribution in [3.63, 3.8) is 0 Å². The molecule has 0 spiro atoms. The molecular weight excluding hydrogens is 258 g/mol. The van der Waals surface area contributed by atoms with E-state index < -0.39 is 15.6 Å². The van der Waals surface area contributed by atoms with Crippen LogP contribution in [0.25, 0.3) is 0 Å². The van der Waals surface area contributed by atoms with E-state index in [0.29, 0.717) is 19.6 Å². The third-order valence-electron chi connectivity index (χ3n) is 3.38. The monoisotopic (exact) mass is 279 g/mol. The van der Waals surface area contributed by atoms with Crippen molar-refractivity contribution < 1.29 is 23.0 Å². The molecule has 7 heteroatoms. The number of sulfonamides is 1. The van der Waals surface area contributed by atoms with Crippen molar-refractivity contribution in [2.45, 2.75) is 37.4 Å². The molecule has 0 aromatic heterocycles. The molecule has 18 heavy (non-hydrogen) atoms. The second-order valence-corrected chi connectivity index (χ2v) is 6.97. The van der Waals surface area contributed by atoms with E-state index in [1.807, 2.05) is 0 Å². The minimum atomic E-state index is -3.40. The Balaban J connectivity index is 1.79. The van der Waals surface area contributed by atoms with Crippen molar-refractivity contribution in [2.75, 3.05) is 32.1 Å². The van der Waals surface area contributed by atoms with Gasteiger partial charge in [0.1, 0.15) is 5.60 Å². The molecule has 2 fully saturated rings. The highest BCUT2D eigenvalue weighted by molar-refractivity contribution is 7.89. The molecule has 2 rings (SSSR count). The first kappa shape index (κ1) is 14.2. The Morgan fingerprint density at radius 2 is 2.17 bits per heavy atom. The average molecular weight is 279 g/mol. The lowest BCUT2D eigenvalue weighted by molar-refractivity contribution is 0.0276. The van der Waals surface area contributed by atoms with Gasteiger partial charge in [-0.2, -0.15) is 0 Å². The van der Waals surface area contributed by atoms with Gasteiger partial charge in [0.15, 0.2) is 0 Å². The van der Waals surface area contributed by atoms with E-state index in [1.165, 1.54) is 0 Å². The van der Waals surface area contributed by atoms with Gasteiger partial charge in [-0.15, -0.1) is 0 Å². The maximum Gasteiger partial charge on any atom is 0.214 e. The fourth-order valence-corrected chi connectivity index (χ4v) is 3.58. The fourth-order valence-electron chi connectivity index (χ4n) is 2.22. The molecule has 2 N–H and O–H groups in total. The molecular formula is C11H21NO5S. The van der Waals surface area contributed by atoms with Gasteiger partial charge in [0.2, 0.25) is 10.0 Å². The van der Waals surface area contributed by atoms with Gasteiger partial charge in [0.25, 0.3) is 0 Å².